The van der Waals surface area contributed by atoms with Gasteiger partial charge in [-0.25, -0.2) is 0 Å². The summed E-state index contributed by atoms with van der Waals surface area (Å²) in [6.45, 7) is 13.1. The summed E-state index contributed by atoms with van der Waals surface area (Å²) in [6.07, 6.45) is 12.6. The van der Waals surface area contributed by atoms with Crippen LogP contribution in [0.1, 0.15) is 109 Å². The van der Waals surface area contributed by atoms with Crippen molar-refractivity contribution in [2.24, 2.45) is 0 Å². The highest BCUT2D eigenvalue weighted by molar-refractivity contribution is 7.38. The second kappa shape index (κ2) is 15.3. The van der Waals surface area contributed by atoms with Crippen LogP contribution >= 0.6 is 68.0 Å². The maximum Gasteiger partial charge on any atom is 0.220 e. The molecule has 49 heavy (non-hydrogen) atoms. The quantitative estimate of drug-likeness (QED) is 0.0579. The highest BCUT2D eigenvalue weighted by Crippen LogP contribution is 2.47. The van der Waals surface area contributed by atoms with Crippen LogP contribution in [-0.2, 0) is 12.8 Å². The van der Waals surface area contributed by atoms with Crippen LogP contribution in [0, 0.1) is 20.8 Å². The third-order valence-corrected chi connectivity index (χ3v) is 17.1. The van der Waals surface area contributed by atoms with E-state index in [4.69, 9.17) is 0 Å². The molecule has 1 nitrogen and oxygen atoms in total. The number of carbonyl (C=O) groups is 1. The molecule has 0 spiro atoms. The first-order valence-corrected chi connectivity index (χ1v) is 22.8. The molecule has 0 fully saturated rings. The van der Waals surface area contributed by atoms with Crippen LogP contribution < -0.4 is 9.55 Å². The number of hydrogen-bond donors (Lipinski definition) is 0. The van der Waals surface area contributed by atoms with Crippen molar-refractivity contribution >= 4 is 121 Å². The van der Waals surface area contributed by atoms with Gasteiger partial charge in [0.15, 0.2) is 5.78 Å². The molecule has 1 aromatic carbocycles. The fraction of sp³-hybridized carbons (Fsp3) is 0.390. The average Bonchev–Trinajstić information content (AvgIpc) is 3.92. The van der Waals surface area contributed by atoms with E-state index in [2.05, 4.69) is 77.6 Å². The predicted molar refractivity (Wildman–Crippen MR) is 228 cm³/mol. The Kier molecular flexibility index (Phi) is 11.0. The molecule has 0 aliphatic heterocycles. The molecule has 0 aliphatic rings. The third kappa shape index (κ3) is 7.20. The van der Waals surface area contributed by atoms with Crippen LogP contribution in [0.3, 0.4) is 0 Å². The zero-order chi connectivity index (χ0) is 34.2. The monoisotopic (exact) mass is 755 g/mol. The van der Waals surface area contributed by atoms with Crippen LogP contribution in [0.25, 0.3) is 49.8 Å². The standard InChI is InChI=1S/C41H44BOS6/c1-7-9-11-13-15-27-18-33(44-22-27)34-19-28(16-14-12-10-8-2)40(48-34)42-41-31-21-32(26(6)43)46-38(31)39(49-41)35-20-30-25(5)36-29(17-23(3)45-36)24(4)37(30)47-35/h17-22H,7-16H2,1-6H3. The number of benzene rings is 1. The molecule has 0 aliphatic carbocycles. The van der Waals surface area contributed by atoms with Gasteiger partial charge in [-0.1, -0.05) is 52.4 Å². The van der Waals surface area contributed by atoms with Gasteiger partial charge in [0.25, 0.3) is 0 Å². The van der Waals surface area contributed by atoms with Gasteiger partial charge in [0.1, 0.15) is 0 Å². The number of aryl methyl sites for hydroxylation is 5. The normalized spacial score (nSPS) is 12.0. The summed E-state index contributed by atoms with van der Waals surface area (Å²) in [5, 5.41) is 6.39. The second-order valence-corrected chi connectivity index (χ2v) is 19.9. The molecule has 1 radical (unpaired) electrons. The molecule has 0 unspecified atom stereocenters. The Morgan fingerprint density at radius 3 is 2.08 bits per heavy atom. The zero-order valence-electron chi connectivity index (χ0n) is 29.5. The second-order valence-electron chi connectivity index (χ2n) is 13.5. The fourth-order valence-corrected chi connectivity index (χ4v) is 14.1. The first-order chi connectivity index (χ1) is 23.7. The summed E-state index contributed by atoms with van der Waals surface area (Å²) in [4.78, 5) is 20.4. The molecule has 0 atom stereocenters. The van der Waals surface area contributed by atoms with Gasteiger partial charge >= 0.3 is 0 Å². The number of hydrogen-bond acceptors (Lipinski definition) is 7. The predicted octanol–water partition coefficient (Wildman–Crippen LogP) is 13.9. The Bertz CT molecular complexity index is 2210. The van der Waals surface area contributed by atoms with E-state index < -0.39 is 0 Å². The summed E-state index contributed by atoms with van der Waals surface area (Å²) >= 11 is 11.3. The number of thiophene rings is 6. The molecule has 0 bridgehead atoms. The molecule has 0 saturated heterocycles. The molecule has 6 heterocycles. The summed E-state index contributed by atoms with van der Waals surface area (Å²) < 4.78 is 6.73. The Hall–Kier alpha value is -2.07. The maximum atomic E-state index is 12.7. The van der Waals surface area contributed by atoms with Gasteiger partial charge in [0.2, 0.25) is 7.28 Å². The smallest absolute Gasteiger partial charge is 0.220 e. The zero-order valence-corrected chi connectivity index (χ0v) is 34.4. The molecule has 253 valence electrons. The van der Waals surface area contributed by atoms with E-state index in [1.54, 1.807) is 18.3 Å². The average molecular weight is 756 g/mol. The molecule has 6 aromatic heterocycles. The molecular weight excluding hydrogens is 712 g/mol. The Balaban J connectivity index is 1.27. The summed E-state index contributed by atoms with van der Waals surface area (Å²) in [5.41, 5.74) is 5.75. The lowest BCUT2D eigenvalue weighted by atomic mass is 9.71. The fourth-order valence-electron chi connectivity index (χ4n) is 6.91. The minimum Gasteiger partial charge on any atom is -0.294 e. The van der Waals surface area contributed by atoms with Crippen molar-refractivity contribution < 1.29 is 4.79 Å². The van der Waals surface area contributed by atoms with Gasteiger partial charge in [0, 0.05) is 28.9 Å². The first-order valence-electron chi connectivity index (χ1n) is 17.8. The first kappa shape index (κ1) is 35.3. The van der Waals surface area contributed by atoms with Gasteiger partial charge in [-0.3, -0.25) is 4.79 Å². The topological polar surface area (TPSA) is 17.1 Å². The summed E-state index contributed by atoms with van der Waals surface area (Å²) in [7, 11) is 2.46. The van der Waals surface area contributed by atoms with Crippen molar-refractivity contribution in [1.82, 2.24) is 0 Å². The van der Waals surface area contributed by atoms with Crippen molar-refractivity contribution in [3.05, 3.63) is 67.7 Å². The van der Waals surface area contributed by atoms with Crippen LogP contribution in [-0.4, -0.2) is 13.1 Å². The number of rotatable bonds is 15. The summed E-state index contributed by atoms with van der Waals surface area (Å²) in [5.74, 6) is 0.153. The third-order valence-electron chi connectivity index (χ3n) is 9.68. The van der Waals surface area contributed by atoms with E-state index in [1.807, 2.05) is 56.7 Å². The molecule has 8 heteroatoms. The van der Waals surface area contributed by atoms with Crippen LogP contribution in [0.15, 0.2) is 35.7 Å². The Morgan fingerprint density at radius 1 is 0.633 bits per heavy atom. The van der Waals surface area contributed by atoms with E-state index in [-0.39, 0.29) is 5.78 Å². The lowest BCUT2D eigenvalue weighted by Crippen LogP contribution is -2.25. The van der Waals surface area contributed by atoms with E-state index >= 15 is 0 Å². The van der Waals surface area contributed by atoms with Crippen molar-refractivity contribution in [1.29, 1.82) is 0 Å². The molecule has 0 N–H and O–H groups in total. The van der Waals surface area contributed by atoms with E-state index in [9.17, 15) is 4.79 Å². The molecular formula is C41H44BOS6. The lowest BCUT2D eigenvalue weighted by Gasteiger charge is -2.03. The Labute approximate surface area is 316 Å². The Morgan fingerprint density at radius 2 is 1.35 bits per heavy atom. The van der Waals surface area contributed by atoms with Gasteiger partial charge in [-0.05, 0) is 137 Å². The van der Waals surface area contributed by atoms with E-state index in [0.29, 0.717) is 0 Å². The minimum absolute atomic E-state index is 0.153. The molecule has 7 rings (SSSR count). The van der Waals surface area contributed by atoms with Crippen molar-refractivity contribution in [2.45, 2.75) is 106 Å². The molecule has 7 aromatic rings. The number of unbranched alkanes of at least 4 members (excludes halogenated alkanes) is 6. The lowest BCUT2D eigenvalue weighted by molar-refractivity contribution is 0.102. The van der Waals surface area contributed by atoms with Gasteiger partial charge in [0.05, 0.1) is 14.5 Å². The van der Waals surface area contributed by atoms with Crippen molar-refractivity contribution in [2.75, 3.05) is 0 Å². The number of carbonyl (C=O) groups excluding carboxylic acids is 1. The number of Topliss-reactive ketones (excluding diaryl/α,β-unsaturated/α-hetero) is 1. The highest BCUT2D eigenvalue weighted by Gasteiger charge is 2.24. The van der Waals surface area contributed by atoms with Gasteiger partial charge in [-0.2, -0.15) is 0 Å². The number of fused-ring (bicyclic) bond motifs is 3. The highest BCUT2D eigenvalue weighted by atomic mass is 32.1. The SMILES string of the molecule is CCCCCCc1csc(-c2cc(CCCCCC)c([B]c3sc(-c4cc5c(C)c6sc(C)cc6c(C)c5s4)c4sc(C(C)=O)cc34)s2)c1. The minimum atomic E-state index is 0.153. The maximum absolute atomic E-state index is 12.7. The number of ketones is 1. The molecule has 0 amide bonds. The molecule has 0 saturated carbocycles. The van der Waals surface area contributed by atoms with Crippen LogP contribution in [0.5, 0.6) is 0 Å². The van der Waals surface area contributed by atoms with Crippen molar-refractivity contribution in [3.63, 3.8) is 0 Å². The van der Waals surface area contributed by atoms with Gasteiger partial charge < -0.3 is 0 Å². The van der Waals surface area contributed by atoms with E-state index in [1.165, 1.54) is 144 Å². The van der Waals surface area contributed by atoms with Crippen LogP contribution in [0.4, 0.5) is 0 Å². The van der Waals surface area contributed by atoms with Crippen LogP contribution in [0.2, 0.25) is 0 Å². The summed E-state index contributed by atoms with van der Waals surface area (Å²) in [6, 6.07) is 11.9. The van der Waals surface area contributed by atoms with E-state index in [0.717, 1.165) is 11.3 Å². The largest absolute Gasteiger partial charge is 0.294 e. The van der Waals surface area contributed by atoms with Crippen molar-refractivity contribution in [3.8, 4) is 19.5 Å². The van der Waals surface area contributed by atoms with Gasteiger partial charge in [-0.15, -0.1) is 68.0 Å².